The first-order valence-corrected chi connectivity index (χ1v) is 7.71. The van der Waals surface area contributed by atoms with Crippen molar-refractivity contribution in [2.24, 2.45) is 0 Å². The summed E-state index contributed by atoms with van der Waals surface area (Å²) in [4.78, 5) is 17.6. The number of nitrogens with zero attached hydrogens (tertiary/aromatic N) is 2. The Morgan fingerprint density at radius 2 is 2.00 bits per heavy atom. The number of carbonyl (C=O) groups excluding carboxylic acids is 1. The van der Waals surface area contributed by atoms with E-state index in [1.165, 1.54) is 4.88 Å². The summed E-state index contributed by atoms with van der Waals surface area (Å²) in [5, 5.41) is 2.05. The van der Waals surface area contributed by atoms with E-state index in [0.717, 1.165) is 12.1 Å². The Labute approximate surface area is 129 Å². The maximum Gasteiger partial charge on any atom is 0.255 e. The molecule has 0 aliphatic carbocycles. The van der Waals surface area contributed by atoms with Crippen LogP contribution in [0.25, 0.3) is 0 Å². The van der Waals surface area contributed by atoms with E-state index in [9.17, 15) is 4.79 Å². The van der Waals surface area contributed by atoms with Crippen LogP contribution in [0.1, 0.15) is 15.2 Å². The van der Waals surface area contributed by atoms with E-state index in [-0.39, 0.29) is 5.91 Å². The van der Waals surface area contributed by atoms with Crippen LogP contribution in [0.3, 0.4) is 0 Å². The van der Waals surface area contributed by atoms with Gasteiger partial charge >= 0.3 is 0 Å². The maximum atomic E-state index is 12.6. The lowest BCUT2D eigenvalue weighted by Crippen LogP contribution is -2.30. The molecule has 1 amide bonds. The van der Waals surface area contributed by atoms with E-state index in [4.69, 9.17) is 5.73 Å². The SMILES string of the molecule is CN(CCc1cccs1)C(=O)c1cc(N)ccc1N(C)C. The molecule has 0 saturated heterocycles. The van der Waals surface area contributed by atoms with Crippen LogP contribution in [0.4, 0.5) is 11.4 Å². The van der Waals surface area contributed by atoms with Crippen LogP contribution in [0.2, 0.25) is 0 Å². The van der Waals surface area contributed by atoms with Crippen LogP contribution in [0.15, 0.2) is 35.7 Å². The Hall–Kier alpha value is -2.01. The van der Waals surface area contributed by atoms with Crippen molar-refractivity contribution in [1.82, 2.24) is 4.90 Å². The van der Waals surface area contributed by atoms with Gasteiger partial charge in [0.15, 0.2) is 0 Å². The molecule has 2 aromatic rings. The maximum absolute atomic E-state index is 12.6. The summed E-state index contributed by atoms with van der Waals surface area (Å²) in [6, 6.07) is 9.57. The van der Waals surface area contributed by atoms with Crippen molar-refractivity contribution >= 4 is 28.6 Å². The monoisotopic (exact) mass is 303 g/mol. The van der Waals surface area contributed by atoms with E-state index in [0.29, 0.717) is 17.8 Å². The van der Waals surface area contributed by atoms with Gasteiger partial charge in [0, 0.05) is 43.9 Å². The second-order valence-electron chi connectivity index (χ2n) is 5.23. The average molecular weight is 303 g/mol. The number of likely N-dealkylation sites (N-methyl/N-ethyl adjacent to an activating group) is 1. The second-order valence-corrected chi connectivity index (χ2v) is 6.26. The average Bonchev–Trinajstić information content (AvgIpc) is 2.96. The normalized spacial score (nSPS) is 10.4. The zero-order valence-electron chi connectivity index (χ0n) is 12.7. The van der Waals surface area contributed by atoms with Crippen molar-refractivity contribution in [2.75, 3.05) is 38.3 Å². The Morgan fingerprint density at radius 3 is 2.62 bits per heavy atom. The predicted octanol–water partition coefficient (Wildman–Crippen LogP) is 2.71. The first kappa shape index (κ1) is 15.4. The molecule has 0 aliphatic rings. The zero-order chi connectivity index (χ0) is 15.4. The van der Waals surface area contributed by atoms with E-state index in [1.807, 2.05) is 44.2 Å². The first-order valence-electron chi connectivity index (χ1n) is 6.83. The highest BCUT2D eigenvalue weighted by Gasteiger charge is 2.17. The van der Waals surface area contributed by atoms with Gasteiger partial charge in [0.05, 0.1) is 5.56 Å². The van der Waals surface area contributed by atoms with Gasteiger partial charge in [0.25, 0.3) is 5.91 Å². The molecule has 0 bridgehead atoms. The Morgan fingerprint density at radius 1 is 1.24 bits per heavy atom. The fourth-order valence-electron chi connectivity index (χ4n) is 2.15. The molecule has 0 aliphatic heterocycles. The molecule has 2 rings (SSSR count). The summed E-state index contributed by atoms with van der Waals surface area (Å²) < 4.78 is 0. The molecule has 2 N–H and O–H groups in total. The lowest BCUT2D eigenvalue weighted by Gasteiger charge is -2.22. The molecule has 0 atom stereocenters. The third kappa shape index (κ3) is 3.76. The number of benzene rings is 1. The largest absolute Gasteiger partial charge is 0.399 e. The van der Waals surface area contributed by atoms with E-state index >= 15 is 0 Å². The van der Waals surface area contributed by atoms with Gasteiger partial charge in [-0.25, -0.2) is 0 Å². The minimum absolute atomic E-state index is 0.00237. The van der Waals surface area contributed by atoms with Gasteiger partial charge in [0.2, 0.25) is 0 Å². The number of thiophene rings is 1. The number of hydrogen-bond donors (Lipinski definition) is 1. The van der Waals surface area contributed by atoms with Crippen LogP contribution in [-0.4, -0.2) is 38.5 Å². The molecular formula is C16H21N3OS. The number of amides is 1. The van der Waals surface area contributed by atoms with Gasteiger partial charge in [-0.1, -0.05) is 6.07 Å². The van der Waals surface area contributed by atoms with Gasteiger partial charge < -0.3 is 15.5 Å². The number of nitrogens with two attached hydrogens (primary N) is 1. The lowest BCUT2D eigenvalue weighted by molar-refractivity contribution is 0.0797. The molecule has 0 radical (unpaired) electrons. The molecule has 0 fully saturated rings. The van der Waals surface area contributed by atoms with Crippen molar-refractivity contribution in [3.05, 3.63) is 46.2 Å². The Balaban J connectivity index is 2.13. The number of rotatable bonds is 5. The van der Waals surface area contributed by atoms with Crippen molar-refractivity contribution in [2.45, 2.75) is 6.42 Å². The zero-order valence-corrected chi connectivity index (χ0v) is 13.5. The highest BCUT2D eigenvalue weighted by molar-refractivity contribution is 7.09. The molecular weight excluding hydrogens is 282 g/mol. The number of carbonyl (C=O) groups is 1. The number of anilines is 2. The fourth-order valence-corrected chi connectivity index (χ4v) is 2.85. The van der Waals surface area contributed by atoms with Gasteiger partial charge in [0.1, 0.15) is 0 Å². The third-order valence-corrected chi connectivity index (χ3v) is 4.29. The molecule has 0 unspecified atom stereocenters. The van der Waals surface area contributed by atoms with Crippen molar-refractivity contribution in [3.8, 4) is 0 Å². The molecule has 0 spiro atoms. The lowest BCUT2D eigenvalue weighted by atomic mass is 10.1. The van der Waals surface area contributed by atoms with Crippen LogP contribution >= 0.6 is 11.3 Å². The predicted molar refractivity (Wildman–Crippen MR) is 90.2 cm³/mol. The molecule has 112 valence electrons. The highest BCUT2D eigenvalue weighted by Crippen LogP contribution is 2.23. The summed E-state index contributed by atoms with van der Waals surface area (Å²) in [5.74, 6) is 0.00237. The van der Waals surface area contributed by atoms with Crippen molar-refractivity contribution in [1.29, 1.82) is 0 Å². The molecule has 4 nitrogen and oxygen atoms in total. The Kier molecular flexibility index (Phi) is 4.85. The quantitative estimate of drug-likeness (QED) is 0.864. The van der Waals surface area contributed by atoms with Gasteiger partial charge in [-0.2, -0.15) is 0 Å². The molecule has 5 heteroatoms. The molecule has 21 heavy (non-hydrogen) atoms. The standard InChI is InChI=1S/C16H21N3OS/c1-18(2)15-7-6-12(17)11-14(15)16(20)19(3)9-8-13-5-4-10-21-13/h4-7,10-11H,8-9,17H2,1-3H3. The summed E-state index contributed by atoms with van der Waals surface area (Å²) >= 11 is 1.72. The topological polar surface area (TPSA) is 49.6 Å². The Bertz CT molecular complexity index is 608. The highest BCUT2D eigenvalue weighted by atomic mass is 32.1. The smallest absolute Gasteiger partial charge is 0.255 e. The van der Waals surface area contributed by atoms with Crippen LogP contribution in [-0.2, 0) is 6.42 Å². The van der Waals surface area contributed by atoms with E-state index < -0.39 is 0 Å². The van der Waals surface area contributed by atoms with Crippen molar-refractivity contribution < 1.29 is 4.79 Å². The second kappa shape index (κ2) is 6.63. The van der Waals surface area contributed by atoms with Gasteiger partial charge in [-0.15, -0.1) is 11.3 Å². The summed E-state index contributed by atoms with van der Waals surface area (Å²) in [6.45, 7) is 0.695. The number of hydrogen-bond acceptors (Lipinski definition) is 4. The van der Waals surface area contributed by atoms with E-state index in [1.54, 1.807) is 22.3 Å². The minimum Gasteiger partial charge on any atom is -0.399 e. The van der Waals surface area contributed by atoms with Crippen molar-refractivity contribution in [3.63, 3.8) is 0 Å². The minimum atomic E-state index is 0.00237. The molecule has 1 aromatic heterocycles. The van der Waals surface area contributed by atoms with Crippen LogP contribution in [0, 0.1) is 0 Å². The summed E-state index contributed by atoms with van der Waals surface area (Å²) in [5.41, 5.74) is 7.97. The van der Waals surface area contributed by atoms with Gasteiger partial charge in [-0.3, -0.25) is 4.79 Å². The molecule has 0 saturated carbocycles. The van der Waals surface area contributed by atoms with Crippen LogP contribution in [0.5, 0.6) is 0 Å². The van der Waals surface area contributed by atoms with Gasteiger partial charge in [-0.05, 0) is 36.1 Å². The first-order chi connectivity index (χ1) is 9.99. The summed E-state index contributed by atoms with van der Waals surface area (Å²) in [6.07, 6.45) is 0.875. The third-order valence-electron chi connectivity index (χ3n) is 3.35. The van der Waals surface area contributed by atoms with E-state index in [2.05, 4.69) is 11.4 Å². The van der Waals surface area contributed by atoms with Crippen LogP contribution < -0.4 is 10.6 Å². The molecule has 1 heterocycles. The fraction of sp³-hybridized carbons (Fsp3) is 0.312. The molecule has 1 aromatic carbocycles. The summed E-state index contributed by atoms with van der Waals surface area (Å²) in [7, 11) is 5.68. The number of nitrogen functional groups attached to an aromatic ring is 1.